The monoisotopic (exact) mass is 407 g/mol. The van der Waals surface area contributed by atoms with Crippen molar-refractivity contribution in [3.63, 3.8) is 0 Å². The number of anilines is 1. The summed E-state index contributed by atoms with van der Waals surface area (Å²) in [5.74, 6) is 1.29. The van der Waals surface area contributed by atoms with Gasteiger partial charge in [-0.25, -0.2) is 0 Å². The zero-order valence-electron chi connectivity index (χ0n) is 16.0. The Balaban J connectivity index is 0.000000408. The molecule has 4 rings (SSSR count). The standard InChI is InChI=1S/C21H20N.C5H5.Fe/c1-2-20(16-8-6-7-9-16)21(17-10-4-3-5-11-17)18-12-14-19(22)15-13-18;1-2-4-5-3-1;/h3-15H,2,22H2,1H3;1-5H;/q;;+2/b21-20+;;. The number of benzene rings is 2. The van der Waals surface area contributed by atoms with Crippen LogP contribution in [0.4, 0.5) is 5.69 Å². The minimum absolute atomic E-state index is 0. The first-order valence-electron chi connectivity index (χ1n) is 9.33. The Hall–Kier alpha value is -1.50. The Morgan fingerprint density at radius 1 is 0.679 bits per heavy atom. The van der Waals surface area contributed by atoms with Crippen molar-refractivity contribution in [1.29, 1.82) is 0 Å². The van der Waals surface area contributed by atoms with E-state index < -0.39 is 0 Å². The molecule has 2 heteroatoms. The number of allylic oxidation sites excluding steroid dienone is 1. The van der Waals surface area contributed by atoms with Gasteiger partial charge in [0, 0.05) is 11.6 Å². The summed E-state index contributed by atoms with van der Waals surface area (Å²) in [5.41, 5.74) is 11.7. The van der Waals surface area contributed by atoms with E-state index in [9.17, 15) is 0 Å². The molecule has 0 aliphatic heterocycles. The molecule has 0 saturated heterocycles. The number of hydrogen-bond acceptors (Lipinski definition) is 1. The molecular formula is C26H25FeN+2. The molecule has 10 radical (unpaired) electrons. The quantitative estimate of drug-likeness (QED) is 0.495. The van der Waals surface area contributed by atoms with Crippen molar-refractivity contribution in [1.82, 2.24) is 0 Å². The van der Waals surface area contributed by atoms with Crippen molar-refractivity contribution in [2.75, 3.05) is 5.73 Å². The molecule has 0 amide bonds. The van der Waals surface area contributed by atoms with E-state index in [4.69, 9.17) is 5.73 Å². The van der Waals surface area contributed by atoms with Crippen LogP contribution in [0.2, 0.25) is 0 Å². The summed E-state index contributed by atoms with van der Waals surface area (Å²) in [6, 6.07) is 18.7. The maximum Gasteiger partial charge on any atom is 2.00 e. The van der Waals surface area contributed by atoms with Crippen molar-refractivity contribution in [3.05, 3.63) is 135 Å². The maximum absolute atomic E-state index is 5.85. The molecule has 2 aliphatic rings. The minimum atomic E-state index is 0. The third-order valence-electron chi connectivity index (χ3n) is 4.48. The second-order valence-electron chi connectivity index (χ2n) is 6.33. The van der Waals surface area contributed by atoms with Gasteiger partial charge in [-0.1, -0.05) is 55.0 Å². The molecule has 2 aliphatic carbocycles. The summed E-state index contributed by atoms with van der Waals surface area (Å²) < 4.78 is 0. The van der Waals surface area contributed by atoms with Gasteiger partial charge in [0.05, 0.1) is 0 Å². The number of rotatable bonds is 4. The van der Waals surface area contributed by atoms with E-state index in [-0.39, 0.29) is 17.1 Å². The van der Waals surface area contributed by atoms with E-state index >= 15 is 0 Å². The molecule has 1 nitrogen and oxygen atoms in total. The van der Waals surface area contributed by atoms with Gasteiger partial charge in [-0.05, 0) is 93.0 Å². The van der Waals surface area contributed by atoms with Gasteiger partial charge in [-0.3, -0.25) is 0 Å². The third kappa shape index (κ3) is 6.26. The second-order valence-corrected chi connectivity index (χ2v) is 6.33. The van der Waals surface area contributed by atoms with Crippen molar-refractivity contribution in [2.24, 2.45) is 0 Å². The second kappa shape index (κ2) is 12.1. The van der Waals surface area contributed by atoms with E-state index in [1.807, 2.05) is 44.2 Å². The molecule has 0 atom stereocenters. The molecular weight excluding hydrogens is 382 g/mol. The molecule has 2 fully saturated rings. The molecule has 140 valence electrons. The number of hydrogen-bond donors (Lipinski definition) is 1. The van der Waals surface area contributed by atoms with Crippen LogP contribution in [0, 0.1) is 63.7 Å². The molecule has 0 spiro atoms. The first-order valence-corrected chi connectivity index (χ1v) is 9.33. The fourth-order valence-corrected chi connectivity index (χ4v) is 3.19. The van der Waals surface area contributed by atoms with Crippen molar-refractivity contribution in [3.8, 4) is 0 Å². The van der Waals surface area contributed by atoms with Crippen LogP contribution in [-0.4, -0.2) is 0 Å². The Bertz CT molecular complexity index is 700. The van der Waals surface area contributed by atoms with Crippen LogP contribution < -0.4 is 5.73 Å². The van der Waals surface area contributed by atoms with Gasteiger partial charge < -0.3 is 5.73 Å². The molecule has 2 saturated carbocycles. The third-order valence-corrected chi connectivity index (χ3v) is 4.48. The van der Waals surface area contributed by atoms with E-state index in [2.05, 4.69) is 75.1 Å². The predicted octanol–water partition coefficient (Wildman–Crippen LogP) is 5.90. The van der Waals surface area contributed by atoms with Gasteiger partial charge in [0.15, 0.2) is 0 Å². The summed E-state index contributed by atoms with van der Waals surface area (Å²) in [7, 11) is 0. The number of nitrogens with two attached hydrogens (primary N) is 1. The molecule has 0 bridgehead atoms. The van der Waals surface area contributed by atoms with Crippen LogP contribution in [0.15, 0.2) is 60.2 Å². The van der Waals surface area contributed by atoms with Crippen LogP contribution in [0.3, 0.4) is 0 Å². The molecule has 0 heterocycles. The normalized spacial score (nSPS) is 17.3. The molecule has 0 unspecified atom stereocenters. The number of nitrogen functional groups attached to an aromatic ring is 1. The van der Waals surface area contributed by atoms with Crippen LogP contribution in [-0.2, 0) is 17.1 Å². The Kier molecular flexibility index (Phi) is 9.88. The van der Waals surface area contributed by atoms with E-state index in [0.29, 0.717) is 0 Å². The van der Waals surface area contributed by atoms with Crippen molar-refractivity contribution in [2.45, 2.75) is 13.3 Å². The topological polar surface area (TPSA) is 26.0 Å². The Morgan fingerprint density at radius 3 is 1.68 bits per heavy atom. The summed E-state index contributed by atoms with van der Waals surface area (Å²) in [6.07, 6.45) is 19.5. The average molecular weight is 407 g/mol. The average Bonchev–Trinajstić information content (AvgIpc) is 3.44. The Morgan fingerprint density at radius 2 is 1.18 bits per heavy atom. The molecule has 2 N–H and O–H groups in total. The Labute approximate surface area is 182 Å². The van der Waals surface area contributed by atoms with Crippen molar-refractivity contribution < 1.29 is 17.1 Å². The summed E-state index contributed by atoms with van der Waals surface area (Å²) in [4.78, 5) is 0. The van der Waals surface area contributed by atoms with Crippen LogP contribution in [0.25, 0.3) is 5.57 Å². The van der Waals surface area contributed by atoms with Crippen molar-refractivity contribution >= 4 is 11.3 Å². The molecule has 28 heavy (non-hydrogen) atoms. The van der Waals surface area contributed by atoms with Gasteiger partial charge in [0.25, 0.3) is 0 Å². The van der Waals surface area contributed by atoms with Gasteiger partial charge in [-0.2, -0.15) is 0 Å². The summed E-state index contributed by atoms with van der Waals surface area (Å²) in [5, 5.41) is 0. The van der Waals surface area contributed by atoms with Gasteiger partial charge in [0.1, 0.15) is 0 Å². The van der Waals surface area contributed by atoms with Gasteiger partial charge in [0.2, 0.25) is 0 Å². The maximum atomic E-state index is 5.85. The first-order chi connectivity index (χ1) is 13.3. The summed E-state index contributed by atoms with van der Waals surface area (Å²) >= 11 is 0. The van der Waals surface area contributed by atoms with E-state index in [1.165, 1.54) is 28.2 Å². The van der Waals surface area contributed by atoms with Gasteiger partial charge in [-0.15, -0.1) is 0 Å². The van der Waals surface area contributed by atoms with Crippen LogP contribution in [0.1, 0.15) is 24.5 Å². The predicted molar refractivity (Wildman–Crippen MR) is 116 cm³/mol. The smallest absolute Gasteiger partial charge is 0.399 e. The fraction of sp³-hybridized carbons (Fsp3) is 0.0769. The SMILES string of the molecule is CC/C([C]1[CH][CH][CH][CH]1)=C(/c1ccccc1)c1ccc(N)cc1.[CH]1[CH][CH][CH][CH]1.[Fe+2]. The summed E-state index contributed by atoms with van der Waals surface area (Å²) in [6.45, 7) is 2.21. The molecule has 2 aromatic carbocycles. The zero-order valence-corrected chi connectivity index (χ0v) is 17.1. The van der Waals surface area contributed by atoms with Crippen LogP contribution >= 0.6 is 0 Å². The van der Waals surface area contributed by atoms with Crippen LogP contribution in [0.5, 0.6) is 0 Å². The largest absolute Gasteiger partial charge is 2.00 e. The minimum Gasteiger partial charge on any atom is -0.399 e. The zero-order chi connectivity index (χ0) is 18.9. The fourth-order valence-electron chi connectivity index (χ4n) is 3.19. The first kappa shape index (κ1) is 22.8. The van der Waals surface area contributed by atoms with E-state index in [0.717, 1.165) is 12.1 Å². The molecule has 0 aromatic heterocycles. The van der Waals surface area contributed by atoms with Gasteiger partial charge >= 0.3 is 17.1 Å². The van der Waals surface area contributed by atoms with E-state index in [1.54, 1.807) is 0 Å². The molecule has 2 aromatic rings.